The molecule has 4 aromatic rings. The number of hydrogen-bond acceptors (Lipinski definition) is 4. The summed E-state index contributed by atoms with van der Waals surface area (Å²) in [5, 5.41) is 2.90. The number of esters is 1. The molecular weight excluding hydrogens is 504 g/mol. The monoisotopic (exact) mass is 534 g/mol. The van der Waals surface area contributed by atoms with Gasteiger partial charge in [-0.15, -0.1) is 0 Å². The van der Waals surface area contributed by atoms with Crippen molar-refractivity contribution in [3.63, 3.8) is 0 Å². The second-order valence-corrected chi connectivity index (χ2v) is 9.96. The molecule has 1 N–H and O–H groups in total. The predicted octanol–water partition coefficient (Wildman–Crippen LogP) is 5.79. The molecule has 1 aromatic heterocycles. The van der Waals surface area contributed by atoms with E-state index in [1.807, 2.05) is 77.8 Å². The Bertz CT molecular complexity index is 1540. The molecule has 3 aromatic carbocycles. The molecule has 0 spiro atoms. The maximum Gasteiger partial charge on any atom is 0.338 e. The summed E-state index contributed by atoms with van der Waals surface area (Å²) in [6, 6.07) is 27.7. The van der Waals surface area contributed by atoms with Crippen LogP contribution in [-0.4, -0.2) is 46.6 Å². The SMILES string of the molecule is CCOC(=O)c1ccc(NC(=O)N(CC(=O)N2c3ccccc3-n3cccc3C2c2ccccc2)C2CC2)cc1. The summed E-state index contributed by atoms with van der Waals surface area (Å²) < 4.78 is 7.16. The number of para-hydroxylation sites is 2. The summed E-state index contributed by atoms with van der Waals surface area (Å²) in [6.45, 7) is 1.98. The third kappa shape index (κ3) is 4.84. The van der Waals surface area contributed by atoms with Gasteiger partial charge in [-0.25, -0.2) is 9.59 Å². The van der Waals surface area contributed by atoms with Gasteiger partial charge in [-0.2, -0.15) is 0 Å². The lowest BCUT2D eigenvalue weighted by Crippen LogP contribution is -2.48. The zero-order chi connectivity index (χ0) is 27.6. The molecule has 2 heterocycles. The molecule has 6 rings (SSSR count). The minimum atomic E-state index is -0.411. The number of benzene rings is 3. The van der Waals surface area contributed by atoms with Crippen molar-refractivity contribution in [1.29, 1.82) is 0 Å². The number of aromatic nitrogens is 1. The first-order chi connectivity index (χ1) is 19.5. The third-order valence-electron chi connectivity index (χ3n) is 7.30. The number of anilines is 2. The lowest BCUT2D eigenvalue weighted by molar-refractivity contribution is -0.119. The highest BCUT2D eigenvalue weighted by Gasteiger charge is 2.40. The molecule has 1 atom stereocenters. The number of hydrogen-bond donors (Lipinski definition) is 1. The van der Waals surface area contributed by atoms with Gasteiger partial charge in [0.15, 0.2) is 0 Å². The van der Waals surface area contributed by atoms with E-state index in [4.69, 9.17) is 4.74 Å². The van der Waals surface area contributed by atoms with Crippen molar-refractivity contribution in [2.75, 3.05) is 23.4 Å². The molecule has 1 aliphatic heterocycles. The second-order valence-electron chi connectivity index (χ2n) is 9.96. The zero-order valence-corrected chi connectivity index (χ0v) is 22.2. The van der Waals surface area contributed by atoms with Crippen LogP contribution in [-0.2, 0) is 9.53 Å². The van der Waals surface area contributed by atoms with Crippen molar-refractivity contribution in [2.45, 2.75) is 31.8 Å². The first-order valence-corrected chi connectivity index (χ1v) is 13.5. The summed E-state index contributed by atoms with van der Waals surface area (Å²) in [7, 11) is 0. The molecule has 1 unspecified atom stereocenters. The number of nitrogens with one attached hydrogen (secondary N) is 1. The first kappa shape index (κ1) is 25.4. The van der Waals surface area contributed by atoms with Gasteiger partial charge in [0.2, 0.25) is 5.91 Å². The fourth-order valence-electron chi connectivity index (χ4n) is 5.29. The third-order valence-corrected chi connectivity index (χ3v) is 7.30. The van der Waals surface area contributed by atoms with Gasteiger partial charge >= 0.3 is 12.0 Å². The van der Waals surface area contributed by atoms with Crippen LogP contribution in [0, 0.1) is 0 Å². The van der Waals surface area contributed by atoms with Crippen LogP contribution in [0.1, 0.15) is 47.4 Å². The summed E-state index contributed by atoms with van der Waals surface area (Å²) in [4.78, 5) is 43.1. The molecule has 1 saturated carbocycles. The highest BCUT2D eigenvalue weighted by molar-refractivity contribution is 6.01. The average Bonchev–Trinajstić information content (AvgIpc) is 3.70. The van der Waals surface area contributed by atoms with Crippen LogP contribution in [0.15, 0.2) is 97.2 Å². The largest absolute Gasteiger partial charge is 0.462 e. The molecule has 8 nitrogen and oxygen atoms in total. The summed E-state index contributed by atoms with van der Waals surface area (Å²) in [6.07, 6.45) is 3.72. The number of urea groups is 1. The number of ether oxygens (including phenoxy) is 1. The standard InChI is InChI=1S/C32H30N4O4/c1-2-40-31(38)23-14-16-24(17-15-23)33-32(39)35(25-18-19-25)21-29(37)36-27-12-7-6-11-26(27)34-20-8-13-28(34)30(36)22-9-4-3-5-10-22/h3-17,20,25,30H,2,18-19,21H2,1H3,(H,33,39). The number of fused-ring (bicyclic) bond motifs is 3. The van der Waals surface area contributed by atoms with Crippen molar-refractivity contribution in [1.82, 2.24) is 9.47 Å². The minimum absolute atomic E-state index is 0.00169. The Kier molecular flexibility index (Phi) is 6.82. The van der Waals surface area contributed by atoms with Crippen molar-refractivity contribution in [3.8, 4) is 5.69 Å². The number of rotatable bonds is 7. The zero-order valence-electron chi connectivity index (χ0n) is 22.2. The quantitative estimate of drug-likeness (QED) is 0.305. The molecule has 40 heavy (non-hydrogen) atoms. The van der Waals surface area contributed by atoms with Gasteiger partial charge in [0.1, 0.15) is 12.6 Å². The van der Waals surface area contributed by atoms with Gasteiger partial charge < -0.3 is 19.5 Å². The van der Waals surface area contributed by atoms with Crippen LogP contribution >= 0.6 is 0 Å². The second kappa shape index (κ2) is 10.7. The fraction of sp³-hybridized carbons (Fsp3) is 0.219. The number of nitrogens with zero attached hydrogens (tertiary/aromatic N) is 3. The smallest absolute Gasteiger partial charge is 0.338 e. The van der Waals surface area contributed by atoms with Crippen LogP contribution < -0.4 is 10.2 Å². The molecular formula is C32H30N4O4. The topological polar surface area (TPSA) is 83.9 Å². The molecule has 0 saturated heterocycles. The van der Waals surface area contributed by atoms with E-state index in [-0.39, 0.29) is 30.6 Å². The van der Waals surface area contributed by atoms with Crippen molar-refractivity contribution in [2.24, 2.45) is 0 Å². The van der Waals surface area contributed by atoms with E-state index in [1.165, 1.54) is 0 Å². The normalized spacial score (nSPS) is 15.5. The van der Waals surface area contributed by atoms with E-state index in [0.717, 1.165) is 35.5 Å². The average molecular weight is 535 g/mol. The van der Waals surface area contributed by atoms with E-state index in [1.54, 1.807) is 36.1 Å². The van der Waals surface area contributed by atoms with Gasteiger partial charge in [0.05, 0.1) is 29.2 Å². The molecule has 2 aliphatic rings. The Morgan fingerprint density at radius 3 is 2.27 bits per heavy atom. The van der Waals surface area contributed by atoms with Crippen LogP contribution in [0.4, 0.5) is 16.2 Å². The van der Waals surface area contributed by atoms with Gasteiger partial charge in [-0.3, -0.25) is 9.69 Å². The lowest BCUT2D eigenvalue weighted by atomic mass is 9.97. The van der Waals surface area contributed by atoms with Gasteiger partial charge in [-0.05, 0) is 73.9 Å². The molecule has 0 bridgehead atoms. The molecule has 1 aliphatic carbocycles. The Morgan fingerprint density at radius 1 is 0.875 bits per heavy atom. The van der Waals surface area contributed by atoms with E-state index in [2.05, 4.69) is 9.88 Å². The number of carbonyl (C=O) groups excluding carboxylic acids is 3. The molecule has 0 radical (unpaired) electrons. The van der Waals surface area contributed by atoms with Gasteiger partial charge in [-0.1, -0.05) is 42.5 Å². The van der Waals surface area contributed by atoms with Crippen LogP contribution in [0.2, 0.25) is 0 Å². The predicted molar refractivity (Wildman–Crippen MR) is 153 cm³/mol. The van der Waals surface area contributed by atoms with E-state index in [0.29, 0.717) is 17.9 Å². The van der Waals surface area contributed by atoms with Gasteiger partial charge in [0, 0.05) is 17.9 Å². The Labute approximate surface area is 232 Å². The molecule has 8 heteroatoms. The number of carbonyl (C=O) groups is 3. The first-order valence-electron chi connectivity index (χ1n) is 13.5. The summed E-state index contributed by atoms with van der Waals surface area (Å²) in [5.74, 6) is -0.569. The minimum Gasteiger partial charge on any atom is -0.462 e. The van der Waals surface area contributed by atoms with Crippen LogP contribution in [0.25, 0.3) is 5.69 Å². The van der Waals surface area contributed by atoms with Crippen LogP contribution in [0.3, 0.4) is 0 Å². The fourth-order valence-corrected chi connectivity index (χ4v) is 5.29. The highest BCUT2D eigenvalue weighted by atomic mass is 16.5. The molecule has 3 amide bonds. The van der Waals surface area contributed by atoms with E-state index in [9.17, 15) is 14.4 Å². The van der Waals surface area contributed by atoms with Crippen molar-refractivity contribution in [3.05, 3.63) is 114 Å². The number of amides is 3. The Morgan fingerprint density at radius 2 is 1.57 bits per heavy atom. The van der Waals surface area contributed by atoms with E-state index >= 15 is 0 Å². The summed E-state index contributed by atoms with van der Waals surface area (Å²) >= 11 is 0. The van der Waals surface area contributed by atoms with E-state index < -0.39 is 5.97 Å². The summed E-state index contributed by atoms with van der Waals surface area (Å²) in [5.41, 5.74) is 4.66. The Hall–Kier alpha value is -4.85. The lowest BCUT2D eigenvalue weighted by Gasteiger charge is -2.39. The highest BCUT2D eigenvalue weighted by Crippen LogP contribution is 2.42. The van der Waals surface area contributed by atoms with Gasteiger partial charge in [0.25, 0.3) is 0 Å². The van der Waals surface area contributed by atoms with Crippen LogP contribution in [0.5, 0.6) is 0 Å². The van der Waals surface area contributed by atoms with Crippen molar-refractivity contribution >= 4 is 29.3 Å². The molecule has 202 valence electrons. The maximum atomic E-state index is 14.2. The molecule has 1 fully saturated rings. The Balaban J connectivity index is 1.27. The maximum absolute atomic E-state index is 14.2. The van der Waals surface area contributed by atoms with Crippen molar-refractivity contribution < 1.29 is 19.1 Å².